The van der Waals surface area contributed by atoms with Crippen LogP contribution >= 0.6 is 15.9 Å². The zero-order chi connectivity index (χ0) is 13.5. The molecule has 1 aliphatic rings. The van der Waals surface area contributed by atoms with Crippen LogP contribution in [0.4, 0.5) is 0 Å². The van der Waals surface area contributed by atoms with Gasteiger partial charge in [0, 0.05) is 29.5 Å². The molecule has 3 nitrogen and oxygen atoms in total. The van der Waals surface area contributed by atoms with Crippen molar-refractivity contribution in [2.75, 3.05) is 32.7 Å². The summed E-state index contributed by atoms with van der Waals surface area (Å²) in [7, 11) is 0. The maximum atomic E-state index is 12.0. The van der Waals surface area contributed by atoms with E-state index >= 15 is 0 Å². The molecule has 1 heterocycles. The van der Waals surface area contributed by atoms with Crippen LogP contribution in [0.25, 0.3) is 0 Å². The maximum Gasteiger partial charge on any atom is 0.162 e. The van der Waals surface area contributed by atoms with Crippen LogP contribution in [0.1, 0.15) is 29.6 Å². The van der Waals surface area contributed by atoms with E-state index in [2.05, 4.69) is 26.1 Å². The van der Waals surface area contributed by atoms with E-state index in [1.807, 2.05) is 24.3 Å². The third-order valence-electron chi connectivity index (χ3n) is 3.48. The molecule has 1 aliphatic heterocycles. The number of benzene rings is 1. The van der Waals surface area contributed by atoms with Crippen molar-refractivity contribution < 1.29 is 4.79 Å². The summed E-state index contributed by atoms with van der Waals surface area (Å²) in [5.41, 5.74) is 0.820. The number of carbonyl (C=O) groups excluding carboxylic acids is 1. The largest absolute Gasteiger partial charge is 0.315 e. The predicted molar refractivity (Wildman–Crippen MR) is 81.6 cm³/mol. The van der Waals surface area contributed by atoms with E-state index in [1.165, 1.54) is 6.42 Å². The van der Waals surface area contributed by atoms with Crippen LogP contribution in [0.3, 0.4) is 0 Å². The Morgan fingerprint density at radius 3 is 2.79 bits per heavy atom. The summed E-state index contributed by atoms with van der Waals surface area (Å²) in [6.45, 7) is 5.48. The SMILES string of the molecule is O=C(CCCN1CCCNCC1)c1ccc(Br)cc1. The Kier molecular flexibility index (Phi) is 6.01. The summed E-state index contributed by atoms with van der Waals surface area (Å²) in [5.74, 6) is 0.250. The van der Waals surface area contributed by atoms with Crippen molar-refractivity contribution >= 4 is 21.7 Å². The van der Waals surface area contributed by atoms with Crippen LogP contribution in [0.15, 0.2) is 28.7 Å². The Hall–Kier alpha value is -0.710. The quantitative estimate of drug-likeness (QED) is 0.845. The van der Waals surface area contributed by atoms with Gasteiger partial charge in [-0.25, -0.2) is 0 Å². The molecule has 2 rings (SSSR count). The first-order valence-electron chi connectivity index (χ1n) is 6.97. The highest BCUT2D eigenvalue weighted by molar-refractivity contribution is 9.10. The van der Waals surface area contributed by atoms with Crippen LogP contribution in [-0.2, 0) is 0 Å². The first-order chi connectivity index (χ1) is 9.25. The number of nitrogens with zero attached hydrogens (tertiary/aromatic N) is 1. The average molecular weight is 325 g/mol. The minimum atomic E-state index is 0.250. The van der Waals surface area contributed by atoms with Crippen LogP contribution in [0, 0.1) is 0 Å². The summed E-state index contributed by atoms with van der Waals surface area (Å²) in [6.07, 6.45) is 2.81. The van der Waals surface area contributed by atoms with Crippen LogP contribution in [0.5, 0.6) is 0 Å². The fourth-order valence-corrected chi connectivity index (χ4v) is 2.63. The molecule has 0 unspecified atom stereocenters. The van der Waals surface area contributed by atoms with E-state index < -0.39 is 0 Å². The molecular formula is C15H21BrN2O. The molecule has 4 heteroatoms. The third kappa shape index (κ3) is 5.05. The lowest BCUT2D eigenvalue weighted by Crippen LogP contribution is -2.29. The Morgan fingerprint density at radius 1 is 1.21 bits per heavy atom. The van der Waals surface area contributed by atoms with Crippen LogP contribution < -0.4 is 5.32 Å². The summed E-state index contributed by atoms with van der Waals surface area (Å²) >= 11 is 3.38. The zero-order valence-electron chi connectivity index (χ0n) is 11.2. The molecule has 0 atom stereocenters. The van der Waals surface area contributed by atoms with Crippen molar-refractivity contribution in [2.45, 2.75) is 19.3 Å². The number of nitrogens with one attached hydrogen (secondary N) is 1. The second-order valence-corrected chi connectivity index (χ2v) is 5.89. The summed E-state index contributed by atoms with van der Waals surface area (Å²) in [4.78, 5) is 14.5. The van der Waals surface area contributed by atoms with Gasteiger partial charge in [-0.15, -0.1) is 0 Å². The molecule has 0 spiro atoms. The Bertz CT molecular complexity index is 397. The molecule has 1 aromatic carbocycles. The smallest absolute Gasteiger partial charge is 0.162 e. The fourth-order valence-electron chi connectivity index (χ4n) is 2.37. The molecule has 19 heavy (non-hydrogen) atoms. The van der Waals surface area contributed by atoms with Crippen molar-refractivity contribution in [3.05, 3.63) is 34.3 Å². The molecule has 0 saturated carbocycles. The monoisotopic (exact) mass is 324 g/mol. The van der Waals surface area contributed by atoms with Crippen molar-refractivity contribution in [1.82, 2.24) is 10.2 Å². The number of ketones is 1. The average Bonchev–Trinajstić information content (AvgIpc) is 2.68. The molecule has 104 valence electrons. The first-order valence-corrected chi connectivity index (χ1v) is 7.77. The number of Topliss-reactive ketones (excluding diaryl/α,β-unsaturated/α-hetero) is 1. The number of halogens is 1. The van der Waals surface area contributed by atoms with Gasteiger partial charge in [-0.3, -0.25) is 4.79 Å². The minimum Gasteiger partial charge on any atom is -0.315 e. The number of hydrogen-bond donors (Lipinski definition) is 1. The van der Waals surface area contributed by atoms with E-state index in [9.17, 15) is 4.79 Å². The standard InChI is InChI=1S/C15H21BrN2O/c16-14-6-4-13(5-7-14)15(19)3-1-10-18-11-2-8-17-9-12-18/h4-7,17H,1-3,8-12H2. The Balaban J connectivity index is 1.72. The second-order valence-electron chi connectivity index (χ2n) is 4.98. The first kappa shape index (κ1) is 14.7. The van der Waals surface area contributed by atoms with Gasteiger partial charge in [0.25, 0.3) is 0 Å². The van der Waals surface area contributed by atoms with Gasteiger partial charge in [-0.2, -0.15) is 0 Å². The van der Waals surface area contributed by atoms with Gasteiger partial charge < -0.3 is 10.2 Å². The summed E-state index contributed by atoms with van der Waals surface area (Å²) in [6, 6.07) is 7.63. The van der Waals surface area contributed by atoms with Gasteiger partial charge in [0.15, 0.2) is 5.78 Å². The molecule has 0 aromatic heterocycles. The van der Waals surface area contributed by atoms with Gasteiger partial charge >= 0.3 is 0 Å². The lowest BCUT2D eigenvalue weighted by Gasteiger charge is -2.18. The lowest BCUT2D eigenvalue weighted by atomic mass is 10.1. The minimum absolute atomic E-state index is 0.250. The molecule has 1 saturated heterocycles. The third-order valence-corrected chi connectivity index (χ3v) is 4.01. The van der Waals surface area contributed by atoms with Gasteiger partial charge in [0.1, 0.15) is 0 Å². The highest BCUT2D eigenvalue weighted by Crippen LogP contribution is 2.12. The van der Waals surface area contributed by atoms with Gasteiger partial charge in [0.2, 0.25) is 0 Å². The number of carbonyl (C=O) groups is 1. The van der Waals surface area contributed by atoms with Gasteiger partial charge in [-0.05, 0) is 44.6 Å². The maximum absolute atomic E-state index is 12.0. The zero-order valence-corrected chi connectivity index (χ0v) is 12.8. The molecule has 0 aliphatic carbocycles. The van der Waals surface area contributed by atoms with E-state index in [-0.39, 0.29) is 5.78 Å². The number of rotatable bonds is 5. The molecule has 1 aromatic rings. The Morgan fingerprint density at radius 2 is 2.00 bits per heavy atom. The Labute approximate surface area is 123 Å². The van der Waals surface area contributed by atoms with E-state index in [0.29, 0.717) is 6.42 Å². The van der Waals surface area contributed by atoms with Crippen molar-refractivity contribution in [2.24, 2.45) is 0 Å². The summed E-state index contributed by atoms with van der Waals surface area (Å²) < 4.78 is 1.01. The fraction of sp³-hybridized carbons (Fsp3) is 0.533. The van der Waals surface area contributed by atoms with Crippen molar-refractivity contribution in [3.63, 3.8) is 0 Å². The molecule has 1 fully saturated rings. The molecular weight excluding hydrogens is 304 g/mol. The van der Waals surface area contributed by atoms with E-state index in [1.54, 1.807) is 0 Å². The highest BCUT2D eigenvalue weighted by atomic mass is 79.9. The predicted octanol–water partition coefficient (Wildman–Crippen LogP) is 2.71. The van der Waals surface area contributed by atoms with Crippen LogP contribution in [-0.4, -0.2) is 43.4 Å². The van der Waals surface area contributed by atoms with E-state index in [0.717, 1.165) is 49.2 Å². The van der Waals surface area contributed by atoms with Crippen LogP contribution in [0.2, 0.25) is 0 Å². The topological polar surface area (TPSA) is 32.3 Å². The summed E-state index contributed by atoms with van der Waals surface area (Å²) in [5, 5.41) is 3.39. The van der Waals surface area contributed by atoms with Crippen molar-refractivity contribution in [3.8, 4) is 0 Å². The number of hydrogen-bond acceptors (Lipinski definition) is 3. The highest BCUT2D eigenvalue weighted by Gasteiger charge is 2.10. The lowest BCUT2D eigenvalue weighted by molar-refractivity contribution is 0.0975. The van der Waals surface area contributed by atoms with E-state index in [4.69, 9.17) is 0 Å². The van der Waals surface area contributed by atoms with Gasteiger partial charge in [0.05, 0.1) is 0 Å². The molecule has 0 bridgehead atoms. The van der Waals surface area contributed by atoms with Gasteiger partial charge in [-0.1, -0.05) is 28.1 Å². The second kappa shape index (κ2) is 7.78. The molecule has 0 amide bonds. The van der Waals surface area contributed by atoms with Crippen molar-refractivity contribution in [1.29, 1.82) is 0 Å². The normalized spacial score (nSPS) is 17.1. The molecule has 0 radical (unpaired) electrons. The molecule has 1 N–H and O–H groups in total.